The van der Waals surface area contributed by atoms with Crippen molar-refractivity contribution in [2.24, 2.45) is 23.2 Å². The van der Waals surface area contributed by atoms with Crippen LogP contribution in [0.3, 0.4) is 0 Å². The van der Waals surface area contributed by atoms with Gasteiger partial charge >= 0.3 is 0 Å². The lowest BCUT2D eigenvalue weighted by atomic mass is 9.49. The van der Waals surface area contributed by atoms with Crippen LogP contribution in [0.15, 0.2) is 10.6 Å². The summed E-state index contributed by atoms with van der Waals surface area (Å²) in [7, 11) is 0. The fourth-order valence-corrected chi connectivity index (χ4v) is 6.86. The van der Waals surface area contributed by atoms with Crippen molar-refractivity contribution in [1.29, 1.82) is 0 Å². The van der Waals surface area contributed by atoms with Crippen LogP contribution in [0.1, 0.15) is 81.7 Å². The van der Waals surface area contributed by atoms with Crippen molar-refractivity contribution < 1.29 is 9.32 Å². The Kier molecular flexibility index (Phi) is 3.72. The summed E-state index contributed by atoms with van der Waals surface area (Å²) in [6.07, 6.45) is 12.1. The third-order valence-corrected chi connectivity index (χ3v) is 7.48. The average molecular weight is 342 g/mol. The van der Waals surface area contributed by atoms with E-state index in [9.17, 15) is 4.79 Å². The minimum absolute atomic E-state index is 0.0492. The summed E-state index contributed by atoms with van der Waals surface area (Å²) in [5.74, 6) is 3.79. The number of amides is 1. The van der Waals surface area contributed by atoms with Gasteiger partial charge in [-0.05, 0) is 76.0 Å². The molecule has 0 radical (unpaired) electrons. The van der Waals surface area contributed by atoms with Gasteiger partial charge in [0.25, 0.3) is 0 Å². The van der Waals surface area contributed by atoms with Crippen molar-refractivity contribution >= 4 is 5.91 Å². The van der Waals surface area contributed by atoms with Gasteiger partial charge in [-0.3, -0.25) is 4.79 Å². The van der Waals surface area contributed by atoms with Crippen LogP contribution in [0.5, 0.6) is 0 Å². The van der Waals surface area contributed by atoms with E-state index in [1.165, 1.54) is 32.1 Å². The predicted molar refractivity (Wildman–Crippen MR) is 94.8 cm³/mol. The van der Waals surface area contributed by atoms with Gasteiger partial charge in [-0.15, -0.1) is 0 Å². The topological polar surface area (TPSA) is 46.3 Å². The maximum atomic E-state index is 13.9. The van der Waals surface area contributed by atoms with Crippen molar-refractivity contribution in [3.8, 4) is 0 Å². The Hall–Kier alpha value is -1.32. The lowest BCUT2D eigenvalue weighted by Crippen LogP contribution is -2.55. The molecule has 1 aromatic heterocycles. The zero-order valence-electron chi connectivity index (χ0n) is 15.4. The summed E-state index contributed by atoms with van der Waals surface area (Å²) in [4.78, 5) is 16.1. The number of hydrogen-bond acceptors (Lipinski definition) is 3. The van der Waals surface area contributed by atoms with E-state index in [1.807, 2.05) is 13.0 Å². The lowest BCUT2D eigenvalue weighted by Gasteiger charge is -2.57. The summed E-state index contributed by atoms with van der Waals surface area (Å²) in [6, 6.07) is 2.14. The van der Waals surface area contributed by atoms with Gasteiger partial charge in [0, 0.05) is 12.6 Å². The zero-order chi connectivity index (χ0) is 17.0. The SMILES string of the molecule is Cc1cc(C2CCCCCN2C(=O)C23CC4CC(CC(C4)C2)C3)on1. The van der Waals surface area contributed by atoms with Gasteiger partial charge in [0.2, 0.25) is 5.91 Å². The number of aromatic nitrogens is 1. The first-order valence-electron chi connectivity index (χ1n) is 10.4. The van der Waals surface area contributed by atoms with Gasteiger partial charge in [-0.25, -0.2) is 0 Å². The average Bonchev–Trinajstić information content (AvgIpc) is 2.86. The van der Waals surface area contributed by atoms with Gasteiger partial charge in [0.05, 0.1) is 17.2 Å². The molecule has 0 aromatic carbocycles. The van der Waals surface area contributed by atoms with Gasteiger partial charge < -0.3 is 9.42 Å². The Bertz CT molecular complexity index is 629. The largest absolute Gasteiger partial charge is 0.359 e. The molecule has 1 amide bonds. The first kappa shape index (κ1) is 15.9. The summed E-state index contributed by atoms with van der Waals surface area (Å²) in [5, 5.41) is 4.10. The second-order valence-corrected chi connectivity index (χ2v) is 9.43. The highest BCUT2D eigenvalue weighted by atomic mass is 16.5. The van der Waals surface area contributed by atoms with Gasteiger partial charge in [0.15, 0.2) is 5.76 Å². The number of hydrogen-bond donors (Lipinski definition) is 0. The molecule has 4 nitrogen and oxygen atoms in total. The van der Waals surface area contributed by atoms with Gasteiger partial charge in [-0.1, -0.05) is 18.0 Å². The Labute approximate surface area is 150 Å². The van der Waals surface area contributed by atoms with E-state index in [1.54, 1.807) is 0 Å². The molecule has 0 spiro atoms. The second kappa shape index (κ2) is 5.85. The smallest absolute Gasteiger partial charge is 0.229 e. The molecule has 1 saturated heterocycles. The maximum absolute atomic E-state index is 13.9. The summed E-state index contributed by atoms with van der Waals surface area (Å²) in [6.45, 7) is 2.86. The lowest BCUT2D eigenvalue weighted by molar-refractivity contribution is -0.160. The molecule has 1 aliphatic heterocycles. The fourth-order valence-electron chi connectivity index (χ4n) is 6.86. The normalized spacial score (nSPS) is 40.3. The number of carbonyl (C=O) groups is 1. The van der Waals surface area contributed by atoms with Crippen molar-refractivity contribution in [1.82, 2.24) is 10.1 Å². The van der Waals surface area contributed by atoms with Crippen molar-refractivity contribution in [2.75, 3.05) is 6.54 Å². The fraction of sp³-hybridized carbons (Fsp3) is 0.810. The quantitative estimate of drug-likeness (QED) is 0.786. The highest BCUT2D eigenvalue weighted by molar-refractivity contribution is 5.83. The standard InChI is InChI=1S/C21H30N2O2/c1-14-7-19(25-22-14)18-5-3-2-4-6-23(18)20(24)21-11-15-8-16(12-21)10-17(9-15)13-21/h7,15-18H,2-6,8-13H2,1H3. The van der Waals surface area contributed by atoms with E-state index in [4.69, 9.17) is 4.52 Å². The molecular formula is C21H30N2O2. The summed E-state index contributed by atoms with van der Waals surface area (Å²) >= 11 is 0. The number of nitrogens with zero attached hydrogens (tertiary/aromatic N) is 2. The molecule has 2 heterocycles. The van der Waals surface area contributed by atoms with Crippen LogP contribution in [-0.4, -0.2) is 22.5 Å². The molecule has 4 aliphatic carbocycles. The van der Waals surface area contributed by atoms with Crippen LogP contribution in [0.2, 0.25) is 0 Å². The Morgan fingerprint density at radius 1 is 1.12 bits per heavy atom. The zero-order valence-corrected chi connectivity index (χ0v) is 15.4. The Morgan fingerprint density at radius 2 is 1.80 bits per heavy atom. The van der Waals surface area contributed by atoms with E-state index >= 15 is 0 Å². The third kappa shape index (κ3) is 2.63. The molecule has 6 rings (SSSR count). The molecule has 4 saturated carbocycles. The molecule has 25 heavy (non-hydrogen) atoms. The maximum Gasteiger partial charge on any atom is 0.229 e. The van der Waals surface area contributed by atoms with E-state index < -0.39 is 0 Å². The first-order valence-corrected chi connectivity index (χ1v) is 10.4. The number of likely N-dealkylation sites (tertiary alicyclic amines) is 1. The molecule has 5 aliphatic rings. The molecule has 4 bridgehead atoms. The molecule has 4 heteroatoms. The predicted octanol–water partition coefficient (Wildman–Crippen LogP) is 4.64. The molecule has 1 aromatic rings. The minimum atomic E-state index is -0.0492. The minimum Gasteiger partial charge on any atom is -0.359 e. The molecule has 1 atom stereocenters. The number of rotatable bonds is 2. The highest BCUT2D eigenvalue weighted by Gasteiger charge is 2.56. The van der Waals surface area contributed by atoms with Crippen molar-refractivity contribution in [3.63, 3.8) is 0 Å². The molecule has 0 N–H and O–H groups in total. The molecular weight excluding hydrogens is 312 g/mol. The molecule has 1 unspecified atom stereocenters. The van der Waals surface area contributed by atoms with Crippen LogP contribution in [0.4, 0.5) is 0 Å². The summed E-state index contributed by atoms with van der Waals surface area (Å²) in [5.41, 5.74) is 0.869. The number of aryl methyl sites for hydroxylation is 1. The van der Waals surface area contributed by atoms with E-state index in [-0.39, 0.29) is 11.5 Å². The van der Waals surface area contributed by atoms with Crippen LogP contribution < -0.4 is 0 Å². The van der Waals surface area contributed by atoms with Crippen LogP contribution in [-0.2, 0) is 4.79 Å². The van der Waals surface area contributed by atoms with E-state index in [0.717, 1.165) is 67.9 Å². The molecule has 136 valence electrons. The number of carbonyl (C=O) groups excluding carboxylic acids is 1. The molecule has 5 fully saturated rings. The highest BCUT2D eigenvalue weighted by Crippen LogP contribution is 2.61. The first-order chi connectivity index (χ1) is 12.1. The van der Waals surface area contributed by atoms with Crippen LogP contribution in [0, 0.1) is 30.1 Å². The van der Waals surface area contributed by atoms with Crippen molar-refractivity contribution in [2.45, 2.75) is 77.2 Å². The monoisotopic (exact) mass is 342 g/mol. The van der Waals surface area contributed by atoms with E-state index in [2.05, 4.69) is 10.1 Å². The Morgan fingerprint density at radius 3 is 2.40 bits per heavy atom. The Balaban J connectivity index is 1.46. The van der Waals surface area contributed by atoms with Gasteiger partial charge in [-0.2, -0.15) is 0 Å². The van der Waals surface area contributed by atoms with E-state index in [0.29, 0.717) is 5.91 Å². The second-order valence-electron chi connectivity index (χ2n) is 9.43. The van der Waals surface area contributed by atoms with Crippen molar-refractivity contribution in [3.05, 3.63) is 17.5 Å². The van der Waals surface area contributed by atoms with Gasteiger partial charge in [0.1, 0.15) is 0 Å². The third-order valence-electron chi connectivity index (χ3n) is 7.48. The summed E-state index contributed by atoms with van der Waals surface area (Å²) < 4.78 is 5.61. The van der Waals surface area contributed by atoms with Crippen LogP contribution in [0.25, 0.3) is 0 Å². The van der Waals surface area contributed by atoms with Crippen LogP contribution >= 0.6 is 0 Å².